The number of hydrogen-bond acceptors (Lipinski definition) is 5. The van der Waals surface area contributed by atoms with Gasteiger partial charge in [0.25, 0.3) is 0 Å². The molecule has 1 atom stereocenters. The predicted molar refractivity (Wildman–Crippen MR) is 63.3 cm³/mol. The third-order valence-electron chi connectivity index (χ3n) is 2.71. The van der Waals surface area contributed by atoms with Crippen LogP contribution in [-0.2, 0) is 6.54 Å². The van der Waals surface area contributed by atoms with E-state index < -0.39 is 0 Å². The molecule has 0 spiro atoms. The van der Waals surface area contributed by atoms with Gasteiger partial charge in [-0.15, -0.1) is 0 Å². The summed E-state index contributed by atoms with van der Waals surface area (Å²) in [6, 6.07) is 1.98. The van der Waals surface area contributed by atoms with Crippen LogP contribution in [0.25, 0.3) is 0 Å². The molecule has 5 heteroatoms. The molecule has 2 aromatic rings. The molecule has 0 fully saturated rings. The fraction of sp³-hybridized carbons (Fsp3) is 0.417. The van der Waals surface area contributed by atoms with Crippen molar-refractivity contribution < 1.29 is 4.52 Å². The van der Waals surface area contributed by atoms with Gasteiger partial charge in [-0.05, 0) is 26.8 Å². The number of aromatic nitrogens is 3. The van der Waals surface area contributed by atoms with E-state index in [4.69, 9.17) is 4.52 Å². The van der Waals surface area contributed by atoms with E-state index in [9.17, 15) is 0 Å². The summed E-state index contributed by atoms with van der Waals surface area (Å²) in [5.74, 6) is 1.64. The monoisotopic (exact) mass is 232 g/mol. The highest BCUT2D eigenvalue weighted by Gasteiger charge is 2.15. The fourth-order valence-corrected chi connectivity index (χ4v) is 1.88. The highest BCUT2D eigenvalue weighted by Crippen LogP contribution is 2.20. The molecule has 0 aromatic carbocycles. The first-order valence-electron chi connectivity index (χ1n) is 5.60. The Morgan fingerprint density at radius 1 is 1.29 bits per heavy atom. The van der Waals surface area contributed by atoms with E-state index in [2.05, 4.69) is 27.4 Å². The highest BCUT2D eigenvalue weighted by atomic mass is 16.5. The van der Waals surface area contributed by atoms with Gasteiger partial charge in [0.05, 0.1) is 12.2 Å². The quantitative estimate of drug-likeness (QED) is 0.872. The average molecular weight is 232 g/mol. The van der Waals surface area contributed by atoms with Gasteiger partial charge in [-0.2, -0.15) is 0 Å². The molecule has 0 saturated carbocycles. The van der Waals surface area contributed by atoms with Gasteiger partial charge < -0.3 is 9.84 Å². The van der Waals surface area contributed by atoms with Crippen molar-refractivity contribution in [3.05, 3.63) is 41.3 Å². The summed E-state index contributed by atoms with van der Waals surface area (Å²) in [6.45, 7) is 6.58. The van der Waals surface area contributed by atoms with Gasteiger partial charge in [0.2, 0.25) is 0 Å². The Hall–Kier alpha value is -1.75. The molecule has 2 rings (SSSR count). The van der Waals surface area contributed by atoms with Crippen LogP contribution in [0.1, 0.15) is 35.8 Å². The molecule has 0 saturated heterocycles. The minimum Gasteiger partial charge on any atom is -0.361 e. The van der Waals surface area contributed by atoms with Crippen molar-refractivity contribution in [3.8, 4) is 0 Å². The lowest BCUT2D eigenvalue weighted by molar-refractivity contribution is 0.390. The van der Waals surface area contributed by atoms with E-state index in [1.54, 1.807) is 18.5 Å². The number of rotatable bonds is 4. The molecule has 0 radical (unpaired) electrons. The maximum atomic E-state index is 5.15. The van der Waals surface area contributed by atoms with Crippen LogP contribution in [0.15, 0.2) is 23.0 Å². The Labute approximate surface area is 100 Å². The Kier molecular flexibility index (Phi) is 3.49. The van der Waals surface area contributed by atoms with Crippen LogP contribution in [0.3, 0.4) is 0 Å². The summed E-state index contributed by atoms with van der Waals surface area (Å²) < 4.78 is 5.15. The van der Waals surface area contributed by atoms with Crippen LogP contribution in [0.5, 0.6) is 0 Å². The van der Waals surface area contributed by atoms with Crippen LogP contribution >= 0.6 is 0 Å². The van der Waals surface area contributed by atoms with Crippen molar-refractivity contribution in [3.63, 3.8) is 0 Å². The van der Waals surface area contributed by atoms with Crippen LogP contribution in [0.4, 0.5) is 0 Å². The van der Waals surface area contributed by atoms with Crippen molar-refractivity contribution in [1.29, 1.82) is 0 Å². The van der Waals surface area contributed by atoms with E-state index >= 15 is 0 Å². The van der Waals surface area contributed by atoms with Crippen molar-refractivity contribution in [2.45, 2.75) is 33.4 Å². The molecule has 0 aliphatic heterocycles. The van der Waals surface area contributed by atoms with Gasteiger partial charge in [0, 0.05) is 24.0 Å². The molecule has 2 heterocycles. The van der Waals surface area contributed by atoms with Gasteiger partial charge in [-0.25, -0.2) is 9.97 Å². The van der Waals surface area contributed by atoms with E-state index in [1.807, 2.05) is 13.8 Å². The molecule has 0 aliphatic carbocycles. The molecule has 1 N–H and O–H groups in total. The Balaban J connectivity index is 2.01. The summed E-state index contributed by atoms with van der Waals surface area (Å²) in [6.07, 6.45) is 3.48. The normalized spacial score (nSPS) is 12.6. The largest absolute Gasteiger partial charge is 0.361 e. The third-order valence-corrected chi connectivity index (χ3v) is 2.71. The first-order chi connectivity index (χ1) is 8.18. The average Bonchev–Trinajstić information content (AvgIpc) is 2.67. The Morgan fingerprint density at radius 3 is 2.59 bits per heavy atom. The Bertz CT molecular complexity index is 461. The van der Waals surface area contributed by atoms with Crippen molar-refractivity contribution >= 4 is 0 Å². The summed E-state index contributed by atoms with van der Waals surface area (Å²) >= 11 is 0. The Morgan fingerprint density at radius 2 is 2.00 bits per heavy atom. The van der Waals surface area contributed by atoms with Crippen molar-refractivity contribution in [1.82, 2.24) is 20.4 Å². The third kappa shape index (κ3) is 2.68. The van der Waals surface area contributed by atoms with Gasteiger partial charge in [-0.1, -0.05) is 5.16 Å². The number of hydrogen-bond donors (Lipinski definition) is 1. The maximum absolute atomic E-state index is 5.15. The molecule has 0 amide bonds. The number of aryl methyl sites for hydroxylation is 2. The second kappa shape index (κ2) is 5.05. The minimum atomic E-state index is 0.171. The van der Waals surface area contributed by atoms with E-state index in [0.29, 0.717) is 6.54 Å². The van der Waals surface area contributed by atoms with Crippen LogP contribution in [0.2, 0.25) is 0 Å². The second-order valence-electron chi connectivity index (χ2n) is 4.01. The number of nitrogens with zero attached hydrogens (tertiary/aromatic N) is 3. The molecule has 5 nitrogen and oxygen atoms in total. The lowest BCUT2D eigenvalue weighted by atomic mass is 10.1. The van der Waals surface area contributed by atoms with E-state index in [1.165, 1.54) is 0 Å². The smallest absolute Gasteiger partial charge is 0.141 e. The predicted octanol–water partition coefficient (Wildman–Crippen LogP) is 1.93. The lowest BCUT2D eigenvalue weighted by Crippen LogP contribution is -2.20. The SMILES string of the molecule is Cc1noc(C)c1C(C)NCc1ncccn1. The maximum Gasteiger partial charge on any atom is 0.141 e. The van der Waals surface area contributed by atoms with E-state index in [-0.39, 0.29) is 6.04 Å². The topological polar surface area (TPSA) is 63.8 Å². The fourth-order valence-electron chi connectivity index (χ4n) is 1.88. The molecule has 1 unspecified atom stereocenters. The zero-order chi connectivity index (χ0) is 12.3. The molecule has 2 aromatic heterocycles. The van der Waals surface area contributed by atoms with Crippen LogP contribution < -0.4 is 5.32 Å². The van der Waals surface area contributed by atoms with Gasteiger partial charge in [0.15, 0.2) is 0 Å². The highest BCUT2D eigenvalue weighted by molar-refractivity contribution is 5.24. The zero-order valence-electron chi connectivity index (χ0n) is 10.3. The number of nitrogens with one attached hydrogen (secondary N) is 1. The second-order valence-corrected chi connectivity index (χ2v) is 4.01. The molecule has 0 aliphatic rings. The van der Waals surface area contributed by atoms with Crippen LogP contribution in [0, 0.1) is 13.8 Å². The molecule has 90 valence electrons. The summed E-state index contributed by atoms with van der Waals surface area (Å²) in [5, 5.41) is 7.30. The molecule has 17 heavy (non-hydrogen) atoms. The first-order valence-corrected chi connectivity index (χ1v) is 5.60. The van der Waals surface area contributed by atoms with Gasteiger partial charge >= 0.3 is 0 Å². The summed E-state index contributed by atoms with van der Waals surface area (Å²) in [4.78, 5) is 8.33. The molecule has 0 bridgehead atoms. The molecular formula is C12H16N4O. The van der Waals surface area contributed by atoms with Gasteiger partial charge in [-0.3, -0.25) is 0 Å². The zero-order valence-corrected chi connectivity index (χ0v) is 10.3. The standard InChI is InChI=1S/C12H16N4O/c1-8(12-9(2)16-17-10(12)3)15-7-11-13-5-4-6-14-11/h4-6,8,15H,7H2,1-3H3. The van der Waals surface area contributed by atoms with Crippen molar-refractivity contribution in [2.24, 2.45) is 0 Å². The van der Waals surface area contributed by atoms with E-state index in [0.717, 1.165) is 22.8 Å². The van der Waals surface area contributed by atoms with Gasteiger partial charge in [0.1, 0.15) is 11.6 Å². The summed E-state index contributed by atoms with van der Waals surface area (Å²) in [7, 11) is 0. The van der Waals surface area contributed by atoms with Crippen molar-refractivity contribution in [2.75, 3.05) is 0 Å². The van der Waals surface area contributed by atoms with Crippen LogP contribution in [-0.4, -0.2) is 15.1 Å². The molecular weight excluding hydrogens is 216 g/mol. The summed E-state index contributed by atoms with van der Waals surface area (Å²) in [5.41, 5.74) is 2.04. The lowest BCUT2D eigenvalue weighted by Gasteiger charge is -2.12. The minimum absolute atomic E-state index is 0.171. The first kappa shape index (κ1) is 11.7.